The van der Waals surface area contributed by atoms with Gasteiger partial charge in [-0.05, 0) is 76.0 Å². The summed E-state index contributed by atoms with van der Waals surface area (Å²) >= 11 is 0. The van der Waals surface area contributed by atoms with Crippen molar-refractivity contribution in [2.45, 2.75) is 66.2 Å². The first-order valence-corrected chi connectivity index (χ1v) is 8.41. The van der Waals surface area contributed by atoms with E-state index in [1.165, 1.54) is 25.7 Å². The van der Waals surface area contributed by atoms with Crippen LogP contribution in [0.5, 0.6) is 0 Å². The fraction of sp³-hybridized carbons (Fsp3) is 0.889. The number of ketones is 2. The molecule has 0 spiro atoms. The van der Waals surface area contributed by atoms with E-state index in [4.69, 9.17) is 0 Å². The van der Waals surface area contributed by atoms with Crippen molar-refractivity contribution < 1.29 is 9.59 Å². The molecule has 2 heteroatoms. The van der Waals surface area contributed by atoms with E-state index >= 15 is 0 Å². The zero-order valence-electron chi connectivity index (χ0n) is 13.5. The van der Waals surface area contributed by atoms with Crippen LogP contribution in [-0.2, 0) is 9.59 Å². The van der Waals surface area contributed by atoms with E-state index in [0.29, 0.717) is 35.2 Å². The summed E-state index contributed by atoms with van der Waals surface area (Å²) in [5.41, 5.74) is 0. The molecule has 2 fully saturated rings. The summed E-state index contributed by atoms with van der Waals surface area (Å²) in [5, 5.41) is 0. The van der Waals surface area contributed by atoms with Crippen LogP contribution in [0, 0.1) is 35.5 Å². The summed E-state index contributed by atoms with van der Waals surface area (Å²) < 4.78 is 0. The normalized spacial score (nSPS) is 42.2. The lowest BCUT2D eigenvalue weighted by Crippen LogP contribution is -2.35. The fourth-order valence-electron chi connectivity index (χ4n) is 4.94. The number of hydrogen-bond acceptors (Lipinski definition) is 2. The summed E-state index contributed by atoms with van der Waals surface area (Å²) in [5.74, 6) is 4.04. The van der Waals surface area contributed by atoms with Gasteiger partial charge in [0, 0.05) is 11.8 Å². The molecule has 20 heavy (non-hydrogen) atoms. The smallest absolute Gasteiger partial charge is 0.133 e. The summed E-state index contributed by atoms with van der Waals surface area (Å²) in [7, 11) is 0. The molecule has 0 aliphatic heterocycles. The lowest BCUT2D eigenvalue weighted by Gasteiger charge is -2.41. The predicted octanol–water partition coefficient (Wildman–Crippen LogP) is 4.27. The van der Waals surface area contributed by atoms with Gasteiger partial charge in [-0.25, -0.2) is 0 Å². The molecule has 0 aromatic carbocycles. The molecular formula is C18H30O2. The number of Topliss-reactive ketones (excluding diaryl/α,β-unsaturated/α-hetero) is 2. The van der Waals surface area contributed by atoms with Gasteiger partial charge in [0.05, 0.1) is 0 Å². The lowest BCUT2D eigenvalue weighted by atomic mass is 9.63. The van der Waals surface area contributed by atoms with Crippen molar-refractivity contribution in [2.24, 2.45) is 35.5 Å². The van der Waals surface area contributed by atoms with Crippen LogP contribution >= 0.6 is 0 Å². The third kappa shape index (κ3) is 3.32. The van der Waals surface area contributed by atoms with E-state index in [1.807, 2.05) is 0 Å². The minimum absolute atomic E-state index is 0.303. The van der Waals surface area contributed by atoms with Crippen LogP contribution in [0.2, 0.25) is 0 Å². The molecule has 0 saturated heterocycles. The second-order valence-corrected chi connectivity index (χ2v) is 7.54. The monoisotopic (exact) mass is 278 g/mol. The second kappa shape index (κ2) is 6.41. The molecule has 114 valence electrons. The average molecular weight is 278 g/mol. The predicted molar refractivity (Wildman–Crippen MR) is 81.4 cm³/mol. The molecule has 2 aliphatic rings. The maximum Gasteiger partial charge on any atom is 0.133 e. The Balaban J connectivity index is 1.91. The van der Waals surface area contributed by atoms with Crippen LogP contribution < -0.4 is 0 Å². The molecule has 2 nitrogen and oxygen atoms in total. The van der Waals surface area contributed by atoms with Crippen molar-refractivity contribution in [3.05, 3.63) is 0 Å². The lowest BCUT2D eigenvalue weighted by molar-refractivity contribution is -0.125. The van der Waals surface area contributed by atoms with Crippen molar-refractivity contribution in [3.63, 3.8) is 0 Å². The third-order valence-corrected chi connectivity index (χ3v) is 6.13. The van der Waals surface area contributed by atoms with Crippen molar-refractivity contribution in [1.82, 2.24) is 0 Å². The minimum atomic E-state index is 0.303. The first-order valence-electron chi connectivity index (χ1n) is 8.41. The Morgan fingerprint density at radius 2 is 1.05 bits per heavy atom. The summed E-state index contributed by atoms with van der Waals surface area (Å²) in [6.07, 6.45) is 7.04. The fourth-order valence-corrected chi connectivity index (χ4v) is 4.94. The van der Waals surface area contributed by atoms with E-state index in [9.17, 15) is 9.59 Å². The van der Waals surface area contributed by atoms with Crippen LogP contribution in [0.25, 0.3) is 0 Å². The number of rotatable bonds is 3. The zero-order valence-corrected chi connectivity index (χ0v) is 13.5. The van der Waals surface area contributed by atoms with E-state index in [0.717, 1.165) is 24.7 Å². The number of hydrogen-bond donors (Lipinski definition) is 0. The summed E-state index contributed by atoms with van der Waals surface area (Å²) in [6, 6.07) is 0. The molecule has 0 aromatic rings. The molecule has 6 unspecified atom stereocenters. The highest BCUT2D eigenvalue weighted by Crippen LogP contribution is 2.45. The summed E-state index contributed by atoms with van der Waals surface area (Å²) in [4.78, 5) is 23.2. The first kappa shape index (κ1) is 15.7. The molecule has 0 amide bonds. The molecule has 6 atom stereocenters. The van der Waals surface area contributed by atoms with Gasteiger partial charge in [0.2, 0.25) is 0 Å². The van der Waals surface area contributed by atoms with Gasteiger partial charge in [0.15, 0.2) is 0 Å². The molecule has 2 aliphatic carbocycles. The van der Waals surface area contributed by atoms with E-state index in [1.54, 1.807) is 13.8 Å². The molecule has 0 radical (unpaired) electrons. The molecule has 0 heterocycles. The van der Waals surface area contributed by atoms with E-state index in [-0.39, 0.29) is 0 Å². The van der Waals surface area contributed by atoms with Gasteiger partial charge in [-0.1, -0.05) is 13.8 Å². The van der Waals surface area contributed by atoms with Crippen LogP contribution in [0.3, 0.4) is 0 Å². The van der Waals surface area contributed by atoms with Crippen molar-refractivity contribution in [3.8, 4) is 0 Å². The maximum absolute atomic E-state index is 11.6. The van der Waals surface area contributed by atoms with Gasteiger partial charge in [-0.3, -0.25) is 9.59 Å². The number of carbonyl (C=O) groups excluding carboxylic acids is 2. The second-order valence-electron chi connectivity index (χ2n) is 7.54. The Morgan fingerprint density at radius 3 is 1.30 bits per heavy atom. The molecular weight excluding hydrogens is 248 g/mol. The quantitative estimate of drug-likeness (QED) is 0.772. The van der Waals surface area contributed by atoms with Crippen LogP contribution in [-0.4, -0.2) is 11.6 Å². The molecule has 0 N–H and O–H groups in total. The molecule has 2 saturated carbocycles. The van der Waals surface area contributed by atoms with Gasteiger partial charge in [-0.2, -0.15) is 0 Å². The Bertz CT molecular complexity index is 338. The van der Waals surface area contributed by atoms with Crippen molar-refractivity contribution in [1.29, 1.82) is 0 Å². The highest BCUT2D eigenvalue weighted by molar-refractivity contribution is 5.79. The Labute approximate surface area is 123 Å². The largest absolute Gasteiger partial charge is 0.300 e. The highest BCUT2D eigenvalue weighted by Gasteiger charge is 2.38. The average Bonchev–Trinajstić information content (AvgIpc) is 2.37. The number of carbonyl (C=O) groups is 2. The van der Waals surface area contributed by atoms with Crippen LogP contribution in [0.4, 0.5) is 0 Å². The van der Waals surface area contributed by atoms with Crippen molar-refractivity contribution in [2.75, 3.05) is 0 Å². The topological polar surface area (TPSA) is 34.1 Å². The SMILES string of the molecule is CC(=O)C1CCC(C2CCC(C(C)=O)C(C)C2)CC1C. The van der Waals surface area contributed by atoms with Gasteiger partial charge in [-0.15, -0.1) is 0 Å². The first-order chi connectivity index (χ1) is 9.40. The van der Waals surface area contributed by atoms with Crippen LogP contribution in [0.15, 0.2) is 0 Å². The molecule has 0 aromatic heterocycles. The molecule has 0 bridgehead atoms. The van der Waals surface area contributed by atoms with Gasteiger partial charge in [0.1, 0.15) is 11.6 Å². The Hall–Kier alpha value is -0.660. The van der Waals surface area contributed by atoms with Gasteiger partial charge >= 0.3 is 0 Å². The van der Waals surface area contributed by atoms with E-state index < -0.39 is 0 Å². The third-order valence-electron chi connectivity index (χ3n) is 6.13. The summed E-state index contributed by atoms with van der Waals surface area (Å²) in [6.45, 7) is 8.01. The zero-order chi connectivity index (χ0) is 14.9. The van der Waals surface area contributed by atoms with Crippen LogP contribution in [0.1, 0.15) is 66.2 Å². The standard InChI is InChI=1S/C18H30O2/c1-11-9-15(5-7-17(11)13(3)19)16-6-8-18(14(4)20)12(2)10-16/h11-12,15-18H,5-10H2,1-4H3. The van der Waals surface area contributed by atoms with Gasteiger partial charge < -0.3 is 0 Å². The molecule has 2 rings (SSSR count). The minimum Gasteiger partial charge on any atom is -0.300 e. The Kier molecular flexibility index (Phi) is 5.04. The van der Waals surface area contributed by atoms with E-state index in [2.05, 4.69) is 13.8 Å². The maximum atomic E-state index is 11.6. The Morgan fingerprint density at radius 1 is 0.700 bits per heavy atom. The van der Waals surface area contributed by atoms with Crippen molar-refractivity contribution >= 4 is 11.6 Å². The van der Waals surface area contributed by atoms with Gasteiger partial charge in [0.25, 0.3) is 0 Å². The highest BCUT2D eigenvalue weighted by atomic mass is 16.1.